The Kier molecular flexibility index (Phi) is 6.14. The lowest BCUT2D eigenvalue weighted by molar-refractivity contribution is 0.0505. The Hall–Kier alpha value is -2.15. The van der Waals surface area contributed by atoms with Gasteiger partial charge in [-0.25, -0.2) is 4.79 Å². The van der Waals surface area contributed by atoms with Gasteiger partial charge in [0.15, 0.2) is 5.69 Å². The molecular formula is C17H20BrN3O3. The van der Waals surface area contributed by atoms with Crippen molar-refractivity contribution in [1.29, 1.82) is 0 Å². The van der Waals surface area contributed by atoms with Gasteiger partial charge in [0.25, 0.3) is 5.91 Å². The summed E-state index contributed by atoms with van der Waals surface area (Å²) < 4.78 is 5.72. The number of hydrogen-bond donors (Lipinski definition) is 2. The van der Waals surface area contributed by atoms with E-state index in [1.165, 1.54) is 0 Å². The molecule has 1 aromatic carbocycles. The van der Waals surface area contributed by atoms with E-state index in [-0.39, 0.29) is 17.8 Å². The van der Waals surface area contributed by atoms with Crippen LogP contribution in [0, 0.1) is 0 Å². The predicted octanol–water partition coefficient (Wildman–Crippen LogP) is 4.11. The van der Waals surface area contributed by atoms with E-state index in [2.05, 4.69) is 31.4 Å². The molecule has 7 heteroatoms. The van der Waals surface area contributed by atoms with E-state index in [4.69, 9.17) is 4.74 Å². The van der Waals surface area contributed by atoms with Gasteiger partial charge in [-0.3, -0.25) is 9.89 Å². The summed E-state index contributed by atoms with van der Waals surface area (Å²) in [6.45, 7) is 6.35. The van der Waals surface area contributed by atoms with Crippen molar-refractivity contribution in [2.75, 3.05) is 11.9 Å². The van der Waals surface area contributed by atoms with Crippen LogP contribution < -0.4 is 5.32 Å². The number of hydrogen-bond acceptors (Lipinski definition) is 4. The minimum Gasteiger partial charge on any atom is -0.462 e. The van der Waals surface area contributed by atoms with Gasteiger partial charge >= 0.3 is 5.97 Å². The summed E-state index contributed by atoms with van der Waals surface area (Å²) >= 11 is 3.40. The van der Waals surface area contributed by atoms with E-state index in [9.17, 15) is 9.59 Å². The summed E-state index contributed by atoms with van der Waals surface area (Å²) in [7, 11) is 0. The van der Waals surface area contributed by atoms with E-state index in [0.29, 0.717) is 28.0 Å². The molecule has 128 valence electrons. The molecule has 0 aliphatic rings. The number of carbonyl (C=O) groups excluding carboxylic acids is 2. The maximum atomic E-state index is 12.3. The highest BCUT2D eigenvalue weighted by atomic mass is 79.9. The number of amides is 1. The van der Waals surface area contributed by atoms with Crippen LogP contribution in [0.15, 0.2) is 28.7 Å². The number of aromatic nitrogens is 2. The number of nitrogens with zero attached hydrogens (tertiary/aromatic N) is 1. The molecule has 0 aliphatic carbocycles. The highest BCUT2D eigenvalue weighted by Crippen LogP contribution is 2.26. The molecule has 0 fully saturated rings. The molecule has 1 amide bonds. The molecule has 0 saturated carbocycles. The third-order valence-corrected chi connectivity index (χ3v) is 4.14. The number of H-pyrrole nitrogens is 1. The van der Waals surface area contributed by atoms with Crippen molar-refractivity contribution in [3.05, 3.63) is 45.7 Å². The third kappa shape index (κ3) is 4.23. The van der Waals surface area contributed by atoms with Gasteiger partial charge in [0.2, 0.25) is 0 Å². The summed E-state index contributed by atoms with van der Waals surface area (Å²) in [4.78, 5) is 24.1. The number of benzene rings is 1. The monoisotopic (exact) mass is 393 g/mol. The fourth-order valence-electron chi connectivity index (χ4n) is 2.03. The number of nitrogens with one attached hydrogen (secondary N) is 2. The molecule has 24 heavy (non-hydrogen) atoms. The van der Waals surface area contributed by atoms with Crippen molar-refractivity contribution >= 4 is 33.5 Å². The Morgan fingerprint density at radius 3 is 2.50 bits per heavy atom. The Morgan fingerprint density at radius 1 is 1.29 bits per heavy atom. The first-order valence-electron chi connectivity index (χ1n) is 7.76. The van der Waals surface area contributed by atoms with Crippen LogP contribution in [-0.2, 0) is 4.74 Å². The molecular weight excluding hydrogens is 374 g/mol. The Morgan fingerprint density at radius 2 is 1.96 bits per heavy atom. The fourth-order valence-corrected chi connectivity index (χ4v) is 2.85. The highest BCUT2D eigenvalue weighted by Gasteiger charge is 2.19. The standard InChI is InChI=1S/C17H20BrN3O3/c1-4-9-24-17(23)11-5-7-12(8-6-11)19-16(22)15-13(18)14(10(2)3)20-21-15/h5-8,10H,4,9H2,1-3H3,(H,19,22)(H,20,21). The van der Waals surface area contributed by atoms with Crippen molar-refractivity contribution in [1.82, 2.24) is 10.2 Å². The number of anilines is 1. The number of aromatic amines is 1. The van der Waals surface area contributed by atoms with Crippen molar-refractivity contribution in [3.63, 3.8) is 0 Å². The summed E-state index contributed by atoms with van der Waals surface area (Å²) in [5.41, 5.74) is 2.19. The number of halogens is 1. The molecule has 6 nitrogen and oxygen atoms in total. The summed E-state index contributed by atoms with van der Waals surface area (Å²) in [5.74, 6) is -0.473. The average Bonchev–Trinajstić information content (AvgIpc) is 2.95. The fraction of sp³-hybridized carbons (Fsp3) is 0.353. The zero-order valence-corrected chi connectivity index (χ0v) is 15.4. The lowest BCUT2D eigenvalue weighted by Crippen LogP contribution is -2.13. The smallest absolute Gasteiger partial charge is 0.338 e. The quantitative estimate of drug-likeness (QED) is 0.722. The minimum absolute atomic E-state index is 0.224. The van der Waals surface area contributed by atoms with Crippen LogP contribution in [0.5, 0.6) is 0 Å². The molecule has 0 atom stereocenters. The van der Waals surface area contributed by atoms with Gasteiger partial charge in [-0.2, -0.15) is 5.10 Å². The molecule has 0 saturated heterocycles. The van der Waals surface area contributed by atoms with Gasteiger partial charge in [0.05, 0.1) is 22.3 Å². The zero-order chi connectivity index (χ0) is 17.7. The van der Waals surface area contributed by atoms with Gasteiger partial charge in [0.1, 0.15) is 0 Å². The van der Waals surface area contributed by atoms with E-state index >= 15 is 0 Å². The third-order valence-electron chi connectivity index (χ3n) is 3.34. The summed E-state index contributed by atoms with van der Waals surface area (Å²) in [6, 6.07) is 6.55. The number of rotatable bonds is 6. The molecule has 2 rings (SSSR count). The molecule has 0 spiro atoms. The molecule has 1 aromatic heterocycles. The van der Waals surface area contributed by atoms with E-state index < -0.39 is 0 Å². The molecule has 2 N–H and O–H groups in total. The molecule has 0 unspecified atom stereocenters. The van der Waals surface area contributed by atoms with Crippen LogP contribution in [0.1, 0.15) is 59.7 Å². The van der Waals surface area contributed by atoms with Crippen molar-refractivity contribution in [2.24, 2.45) is 0 Å². The second kappa shape index (κ2) is 8.10. The Bertz CT molecular complexity index is 723. The van der Waals surface area contributed by atoms with Gasteiger partial charge in [-0.1, -0.05) is 20.8 Å². The first-order chi connectivity index (χ1) is 11.4. The number of ether oxygens (including phenoxy) is 1. The predicted molar refractivity (Wildman–Crippen MR) is 95.3 cm³/mol. The minimum atomic E-state index is -0.369. The first-order valence-corrected chi connectivity index (χ1v) is 8.55. The lowest BCUT2D eigenvalue weighted by atomic mass is 10.1. The van der Waals surface area contributed by atoms with Gasteiger partial charge in [-0.05, 0) is 52.5 Å². The number of esters is 1. The van der Waals surface area contributed by atoms with Crippen molar-refractivity contribution < 1.29 is 14.3 Å². The van der Waals surface area contributed by atoms with Crippen LogP contribution >= 0.6 is 15.9 Å². The van der Waals surface area contributed by atoms with E-state index in [0.717, 1.165) is 12.1 Å². The van der Waals surface area contributed by atoms with Crippen molar-refractivity contribution in [2.45, 2.75) is 33.1 Å². The first kappa shape index (κ1) is 18.2. The topological polar surface area (TPSA) is 84.1 Å². The van der Waals surface area contributed by atoms with E-state index in [1.807, 2.05) is 20.8 Å². The highest BCUT2D eigenvalue weighted by molar-refractivity contribution is 9.10. The average molecular weight is 394 g/mol. The van der Waals surface area contributed by atoms with E-state index in [1.54, 1.807) is 24.3 Å². The molecule has 0 bridgehead atoms. The molecule has 0 aliphatic heterocycles. The van der Waals surface area contributed by atoms with Gasteiger partial charge in [0, 0.05) is 5.69 Å². The maximum Gasteiger partial charge on any atom is 0.338 e. The zero-order valence-electron chi connectivity index (χ0n) is 13.9. The van der Waals surface area contributed by atoms with Gasteiger partial charge in [-0.15, -0.1) is 0 Å². The Balaban J connectivity index is 2.06. The SMILES string of the molecule is CCCOC(=O)c1ccc(NC(=O)c2n[nH]c(C(C)C)c2Br)cc1. The van der Waals surface area contributed by atoms with Crippen LogP contribution in [0.4, 0.5) is 5.69 Å². The summed E-state index contributed by atoms with van der Waals surface area (Å²) in [5, 5.41) is 9.68. The lowest BCUT2D eigenvalue weighted by Gasteiger charge is -2.06. The maximum absolute atomic E-state index is 12.3. The largest absolute Gasteiger partial charge is 0.462 e. The molecule has 0 radical (unpaired) electrons. The Labute approximate surface area is 149 Å². The second-order valence-electron chi connectivity index (χ2n) is 5.62. The van der Waals surface area contributed by atoms with Crippen LogP contribution in [0.2, 0.25) is 0 Å². The van der Waals surface area contributed by atoms with Gasteiger partial charge < -0.3 is 10.1 Å². The number of carbonyl (C=O) groups is 2. The van der Waals surface area contributed by atoms with Crippen LogP contribution in [0.3, 0.4) is 0 Å². The molecule has 2 aromatic rings. The summed E-state index contributed by atoms with van der Waals surface area (Å²) in [6.07, 6.45) is 0.775. The van der Waals surface area contributed by atoms with Crippen LogP contribution in [-0.4, -0.2) is 28.7 Å². The normalized spacial score (nSPS) is 10.7. The molecule has 1 heterocycles. The van der Waals surface area contributed by atoms with Crippen LogP contribution in [0.25, 0.3) is 0 Å². The second-order valence-corrected chi connectivity index (χ2v) is 6.41. The van der Waals surface area contributed by atoms with Crippen molar-refractivity contribution in [3.8, 4) is 0 Å².